The van der Waals surface area contributed by atoms with Crippen molar-refractivity contribution in [3.05, 3.63) is 71.8 Å². The van der Waals surface area contributed by atoms with Gasteiger partial charge in [-0.3, -0.25) is 9.59 Å². The average Bonchev–Trinajstić information content (AvgIpc) is 3.16. The first-order valence-electron chi connectivity index (χ1n) is 10.1. The fraction of sp³-hybridized carbons (Fsp3) is 0.417. The molecule has 2 aromatic rings. The summed E-state index contributed by atoms with van der Waals surface area (Å²) < 4.78 is 0. The minimum atomic E-state index is -0.305. The van der Waals surface area contributed by atoms with E-state index in [0.29, 0.717) is 18.6 Å². The molecule has 2 aromatic carbocycles. The third-order valence-corrected chi connectivity index (χ3v) is 7.04. The Kier molecular flexibility index (Phi) is 3.92. The van der Waals surface area contributed by atoms with Crippen LogP contribution in [0.1, 0.15) is 55.1 Å². The minimum absolute atomic E-state index is 0.0226. The molecule has 4 fully saturated rings. The normalized spacial score (nSPS) is 32.9. The standard InChI is InChI=1S/C24H25NO2/c26-21-16-24(25-13-7-12-22(25)27)14-19(17-8-3-1-4-9-17)23(21)20(15-24)18-10-5-2-6-11-18/h1-6,8-11,19-20,23H,7,12-16H2/t19-,20-,23?,24?/m0/s1. The zero-order valence-electron chi connectivity index (χ0n) is 15.5. The number of rotatable bonds is 3. The number of fused-ring (bicyclic) bond motifs is 3. The first-order valence-corrected chi connectivity index (χ1v) is 10.1. The number of amides is 1. The number of likely N-dealkylation sites (tertiary alicyclic amines) is 1. The van der Waals surface area contributed by atoms with Gasteiger partial charge in [0.2, 0.25) is 5.91 Å². The second-order valence-electron chi connectivity index (χ2n) is 8.48. The van der Waals surface area contributed by atoms with Crippen molar-refractivity contribution in [1.29, 1.82) is 0 Å². The lowest BCUT2D eigenvalue weighted by Gasteiger charge is -2.57. The van der Waals surface area contributed by atoms with Gasteiger partial charge in [-0.25, -0.2) is 0 Å². The number of Topliss-reactive ketones (excluding diaryl/α,β-unsaturated/α-hetero) is 1. The quantitative estimate of drug-likeness (QED) is 0.819. The van der Waals surface area contributed by atoms with Crippen molar-refractivity contribution in [2.45, 2.75) is 49.5 Å². The molecule has 4 aliphatic rings. The van der Waals surface area contributed by atoms with Gasteiger partial charge in [0, 0.05) is 25.3 Å². The van der Waals surface area contributed by atoms with Gasteiger partial charge in [-0.05, 0) is 42.2 Å². The molecule has 0 N–H and O–H groups in total. The van der Waals surface area contributed by atoms with Gasteiger partial charge in [0.15, 0.2) is 0 Å². The smallest absolute Gasteiger partial charge is 0.223 e. The van der Waals surface area contributed by atoms with E-state index in [1.165, 1.54) is 11.1 Å². The third kappa shape index (κ3) is 2.63. The Morgan fingerprint density at radius 2 is 1.37 bits per heavy atom. The third-order valence-electron chi connectivity index (χ3n) is 7.04. The molecule has 1 aliphatic heterocycles. The van der Waals surface area contributed by atoms with Gasteiger partial charge in [-0.2, -0.15) is 0 Å². The number of hydrogen-bond acceptors (Lipinski definition) is 2. The van der Waals surface area contributed by atoms with E-state index in [-0.39, 0.29) is 29.2 Å². The highest BCUT2D eigenvalue weighted by Gasteiger charge is 2.59. The van der Waals surface area contributed by atoms with Crippen LogP contribution in [0.3, 0.4) is 0 Å². The van der Waals surface area contributed by atoms with E-state index >= 15 is 0 Å². The monoisotopic (exact) mass is 359 g/mol. The summed E-state index contributed by atoms with van der Waals surface area (Å²) in [5, 5.41) is 0. The first-order chi connectivity index (χ1) is 13.2. The molecule has 3 aliphatic carbocycles. The van der Waals surface area contributed by atoms with Crippen molar-refractivity contribution in [3.63, 3.8) is 0 Å². The summed E-state index contributed by atoms with van der Waals surface area (Å²) >= 11 is 0. The van der Waals surface area contributed by atoms with Gasteiger partial charge in [0.1, 0.15) is 5.78 Å². The Labute approximate surface area is 160 Å². The lowest BCUT2D eigenvalue weighted by Crippen LogP contribution is -2.61. The van der Waals surface area contributed by atoms with Crippen LogP contribution >= 0.6 is 0 Å². The lowest BCUT2D eigenvalue weighted by molar-refractivity contribution is -0.148. The predicted octanol–water partition coefficient (Wildman–Crippen LogP) is 4.30. The van der Waals surface area contributed by atoms with E-state index in [0.717, 1.165) is 25.8 Å². The summed E-state index contributed by atoms with van der Waals surface area (Å²) in [5.41, 5.74) is 2.18. The molecular weight excluding hydrogens is 334 g/mol. The highest BCUT2D eigenvalue weighted by atomic mass is 16.2. The van der Waals surface area contributed by atoms with E-state index in [4.69, 9.17) is 0 Å². The van der Waals surface area contributed by atoms with Crippen LogP contribution in [-0.2, 0) is 9.59 Å². The van der Waals surface area contributed by atoms with Gasteiger partial charge >= 0.3 is 0 Å². The maximum atomic E-state index is 13.4. The molecule has 0 spiro atoms. The fourth-order valence-corrected chi connectivity index (χ4v) is 5.99. The maximum absolute atomic E-state index is 13.4. The molecule has 0 unspecified atom stereocenters. The molecular formula is C24H25NO2. The second kappa shape index (κ2) is 6.33. The van der Waals surface area contributed by atoms with Gasteiger partial charge in [0.25, 0.3) is 0 Å². The van der Waals surface area contributed by atoms with Gasteiger partial charge in [-0.15, -0.1) is 0 Å². The highest BCUT2D eigenvalue weighted by molar-refractivity contribution is 5.88. The molecule has 1 saturated heterocycles. The largest absolute Gasteiger partial charge is 0.337 e. The second-order valence-corrected chi connectivity index (χ2v) is 8.48. The van der Waals surface area contributed by atoms with Crippen LogP contribution in [0, 0.1) is 5.92 Å². The zero-order chi connectivity index (χ0) is 18.4. The molecule has 3 heteroatoms. The molecule has 0 aromatic heterocycles. The van der Waals surface area contributed by atoms with Crippen molar-refractivity contribution in [2.75, 3.05) is 6.54 Å². The summed E-state index contributed by atoms with van der Waals surface area (Å²) in [6, 6.07) is 20.9. The zero-order valence-corrected chi connectivity index (χ0v) is 15.5. The van der Waals surface area contributed by atoms with Crippen LogP contribution in [0.5, 0.6) is 0 Å². The summed E-state index contributed by atoms with van der Waals surface area (Å²) in [6.07, 6.45) is 3.93. The van der Waals surface area contributed by atoms with Crippen LogP contribution in [0.15, 0.2) is 60.7 Å². The van der Waals surface area contributed by atoms with Crippen molar-refractivity contribution in [1.82, 2.24) is 4.90 Å². The number of benzene rings is 2. The van der Waals surface area contributed by atoms with E-state index in [2.05, 4.69) is 53.4 Å². The highest BCUT2D eigenvalue weighted by Crippen LogP contribution is 2.58. The Balaban J connectivity index is 1.62. The van der Waals surface area contributed by atoms with Crippen LogP contribution in [-0.4, -0.2) is 28.7 Å². The van der Waals surface area contributed by atoms with Crippen molar-refractivity contribution < 1.29 is 9.59 Å². The molecule has 3 saturated carbocycles. The molecule has 0 radical (unpaired) electrons. The van der Waals surface area contributed by atoms with Crippen molar-refractivity contribution >= 4 is 11.7 Å². The molecule has 138 valence electrons. The van der Waals surface area contributed by atoms with E-state index in [1.807, 2.05) is 12.1 Å². The summed E-state index contributed by atoms with van der Waals surface area (Å²) in [6.45, 7) is 0.805. The van der Waals surface area contributed by atoms with Crippen LogP contribution in [0.25, 0.3) is 0 Å². The van der Waals surface area contributed by atoms with Crippen LogP contribution in [0.4, 0.5) is 0 Å². The molecule has 6 rings (SSSR count). The summed E-state index contributed by atoms with van der Waals surface area (Å²) in [5.74, 6) is 0.991. The number of nitrogens with zero attached hydrogens (tertiary/aromatic N) is 1. The Bertz CT molecular complexity index is 811. The maximum Gasteiger partial charge on any atom is 0.223 e. The molecule has 1 heterocycles. The molecule has 3 nitrogen and oxygen atoms in total. The van der Waals surface area contributed by atoms with E-state index in [1.54, 1.807) is 0 Å². The molecule has 2 atom stereocenters. The average molecular weight is 359 g/mol. The number of carbonyl (C=O) groups excluding carboxylic acids is 2. The summed E-state index contributed by atoms with van der Waals surface area (Å²) in [4.78, 5) is 28.1. The Morgan fingerprint density at radius 3 is 1.85 bits per heavy atom. The van der Waals surface area contributed by atoms with Crippen LogP contribution in [0.2, 0.25) is 0 Å². The van der Waals surface area contributed by atoms with Crippen molar-refractivity contribution in [3.8, 4) is 0 Å². The fourth-order valence-electron chi connectivity index (χ4n) is 5.99. The summed E-state index contributed by atoms with van der Waals surface area (Å²) in [7, 11) is 0. The first kappa shape index (κ1) is 16.7. The topological polar surface area (TPSA) is 37.4 Å². The van der Waals surface area contributed by atoms with E-state index < -0.39 is 0 Å². The van der Waals surface area contributed by atoms with Gasteiger partial charge in [0.05, 0.1) is 5.54 Å². The van der Waals surface area contributed by atoms with Crippen LogP contribution < -0.4 is 0 Å². The molecule has 2 bridgehead atoms. The molecule has 27 heavy (non-hydrogen) atoms. The lowest BCUT2D eigenvalue weighted by atomic mass is 9.52. The van der Waals surface area contributed by atoms with Gasteiger partial charge in [-0.1, -0.05) is 60.7 Å². The minimum Gasteiger partial charge on any atom is -0.337 e. The Morgan fingerprint density at radius 1 is 0.815 bits per heavy atom. The van der Waals surface area contributed by atoms with Crippen molar-refractivity contribution in [2.24, 2.45) is 5.92 Å². The molecule has 1 amide bonds. The predicted molar refractivity (Wildman–Crippen MR) is 104 cm³/mol. The number of ketones is 1. The Hall–Kier alpha value is -2.42. The number of hydrogen-bond donors (Lipinski definition) is 0. The number of carbonyl (C=O) groups is 2. The SMILES string of the molecule is O=C1CC2(N3CCCC3=O)C[C@@H](c3ccccc3)C1[C@H](c1ccccc1)C2. The van der Waals surface area contributed by atoms with E-state index in [9.17, 15) is 9.59 Å². The van der Waals surface area contributed by atoms with Gasteiger partial charge < -0.3 is 4.90 Å².